The smallest absolute Gasteiger partial charge is 0.243 e. The normalized spacial score (nSPS) is 15.0. The lowest BCUT2D eigenvalue weighted by atomic mass is 10.1. The fourth-order valence-electron chi connectivity index (χ4n) is 3.84. The van der Waals surface area contributed by atoms with E-state index in [4.69, 9.17) is 0 Å². The van der Waals surface area contributed by atoms with E-state index < -0.39 is 10.0 Å². The third-order valence-corrected chi connectivity index (χ3v) is 7.50. The molecule has 0 N–H and O–H groups in total. The van der Waals surface area contributed by atoms with Crippen LogP contribution in [0.2, 0.25) is 0 Å². The zero-order valence-corrected chi connectivity index (χ0v) is 18.5. The number of hydrogen-bond donors (Lipinski definition) is 0. The van der Waals surface area contributed by atoms with Gasteiger partial charge in [-0.25, -0.2) is 13.1 Å². The average molecular weight is 436 g/mol. The van der Waals surface area contributed by atoms with Gasteiger partial charge in [0.25, 0.3) is 0 Å². The number of rotatable bonds is 6. The van der Waals surface area contributed by atoms with Crippen molar-refractivity contribution in [2.45, 2.75) is 31.6 Å². The van der Waals surface area contributed by atoms with Crippen LogP contribution in [0.1, 0.15) is 40.2 Å². The van der Waals surface area contributed by atoms with E-state index in [9.17, 15) is 13.2 Å². The monoisotopic (exact) mass is 435 g/mol. The van der Waals surface area contributed by atoms with E-state index >= 15 is 0 Å². The molecule has 0 amide bonds. The lowest BCUT2D eigenvalue weighted by Gasteiger charge is -2.15. The molecule has 0 saturated carbocycles. The second kappa shape index (κ2) is 8.61. The zero-order valence-electron chi connectivity index (χ0n) is 17.7. The molecule has 4 rings (SSSR count). The fraction of sp³-hybridized carbons (Fsp3) is 0.250. The minimum Gasteiger partial charge on any atom is -0.289 e. The third-order valence-electron chi connectivity index (χ3n) is 5.59. The molecule has 0 aliphatic carbocycles. The standard InChI is InChI=1S/C24H25N3O3S/c1-18-23(19(2)27(25-18)21-8-4-3-5-9-21)14-15-24(28)20-10-12-22(13-11-20)31(29,30)26-16-6-7-17-26/h3-5,8-15H,6-7,16-17H2,1-2H3/b15-14+. The summed E-state index contributed by atoms with van der Waals surface area (Å²) in [5, 5.41) is 4.59. The van der Waals surface area contributed by atoms with Crippen LogP contribution in [0.15, 0.2) is 65.6 Å². The summed E-state index contributed by atoms with van der Waals surface area (Å²) in [5.74, 6) is -0.184. The van der Waals surface area contributed by atoms with E-state index in [-0.39, 0.29) is 10.7 Å². The minimum atomic E-state index is -3.48. The van der Waals surface area contributed by atoms with Crippen molar-refractivity contribution >= 4 is 21.9 Å². The van der Waals surface area contributed by atoms with Crippen molar-refractivity contribution < 1.29 is 13.2 Å². The first-order valence-electron chi connectivity index (χ1n) is 10.3. The highest BCUT2D eigenvalue weighted by molar-refractivity contribution is 7.89. The maximum atomic E-state index is 12.7. The Morgan fingerprint density at radius 2 is 1.61 bits per heavy atom. The van der Waals surface area contributed by atoms with Gasteiger partial charge in [-0.05, 0) is 75.2 Å². The third kappa shape index (κ3) is 4.24. The van der Waals surface area contributed by atoms with Crippen molar-refractivity contribution in [1.82, 2.24) is 14.1 Å². The second-order valence-electron chi connectivity index (χ2n) is 7.67. The van der Waals surface area contributed by atoms with Crippen molar-refractivity contribution in [3.8, 4) is 5.69 Å². The molecule has 160 valence electrons. The van der Waals surface area contributed by atoms with Gasteiger partial charge in [-0.1, -0.05) is 18.2 Å². The van der Waals surface area contributed by atoms with Crippen molar-refractivity contribution in [1.29, 1.82) is 0 Å². The predicted octanol–water partition coefficient (Wildman–Crippen LogP) is 4.17. The Bertz CT molecular complexity index is 1220. The molecule has 3 aromatic rings. The Balaban J connectivity index is 1.53. The van der Waals surface area contributed by atoms with Crippen LogP contribution >= 0.6 is 0 Å². The lowest BCUT2D eigenvalue weighted by Crippen LogP contribution is -2.27. The maximum Gasteiger partial charge on any atom is 0.243 e. The van der Waals surface area contributed by atoms with Crippen LogP contribution in [0.3, 0.4) is 0 Å². The molecule has 6 nitrogen and oxygen atoms in total. The summed E-state index contributed by atoms with van der Waals surface area (Å²) < 4.78 is 28.6. The highest BCUT2D eigenvalue weighted by atomic mass is 32.2. The van der Waals surface area contributed by atoms with E-state index in [1.807, 2.05) is 48.9 Å². The Hall–Kier alpha value is -3.03. The molecular weight excluding hydrogens is 410 g/mol. The Kier molecular flexibility index (Phi) is 5.89. The van der Waals surface area contributed by atoms with E-state index in [1.54, 1.807) is 18.2 Å². The molecule has 0 spiro atoms. The van der Waals surface area contributed by atoms with Crippen LogP contribution in [0, 0.1) is 13.8 Å². The number of carbonyl (C=O) groups is 1. The van der Waals surface area contributed by atoms with Gasteiger partial charge in [0.05, 0.1) is 16.3 Å². The highest BCUT2D eigenvalue weighted by Crippen LogP contribution is 2.22. The largest absolute Gasteiger partial charge is 0.289 e. The highest BCUT2D eigenvalue weighted by Gasteiger charge is 2.27. The lowest BCUT2D eigenvalue weighted by molar-refractivity contribution is 0.104. The van der Waals surface area contributed by atoms with Crippen LogP contribution in [0.4, 0.5) is 0 Å². The van der Waals surface area contributed by atoms with Crippen LogP contribution in [0.5, 0.6) is 0 Å². The number of nitrogens with zero attached hydrogens (tertiary/aromatic N) is 3. The second-order valence-corrected chi connectivity index (χ2v) is 9.60. The number of hydrogen-bond acceptors (Lipinski definition) is 4. The Morgan fingerprint density at radius 1 is 0.968 bits per heavy atom. The van der Waals surface area contributed by atoms with Crippen molar-refractivity contribution in [3.05, 3.63) is 83.2 Å². The van der Waals surface area contributed by atoms with Gasteiger partial charge in [-0.15, -0.1) is 0 Å². The van der Waals surface area contributed by atoms with Gasteiger partial charge < -0.3 is 0 Å². The molecule has 1 saturated heterocycles. The molecule has 1 aliphatic heterocycles. The first-order valence-corrected chi connectivity index (χ1v) is 11.8. The van der Waals surface area contributed by atoms with Gasteiger partial charge in [0.1, 0.15) is 0 Å². The summed E-state index contributed by atoms with van der Waals surface area (Å²) in [6.45, 7) is 4.99. The number of benzene rings is 2. The molecule has 1 fully saturated rings. The van der Waals surface area contributed by atoms with Crippen LogP contribution in [0.25, 0.3) is 11.8 Å². The van der Waals surface area contributed by atoms with E-state index in [2.05, 4.69) is 5.10 Å². The quantitative estimate of drug-likeness (QED) is 0.430. The molecule has 1 aromatic heterocycles. The van der Waals surface area contributed by atoms with E-state index in [1.165, 1.54) is 22.5 Å². The van der Waals surface area contributed by atoms with Crippen LogP contribution < -0.4 is 0 Å². The summed E-state index contributed by atoms with van der Waals surface area (Å²) >= 11 is 0. The molecular formula is C24H25N3O3S. The molecule has 0 bridgehead atoms. The molecule has 2 heterocycles. The number of aromatic nitrogens is 2. The summed E-state index contributed by atoms with van der Waals surface area (Å²) in [6.07, 6.45) is 5.06. The summed E-state index contributed by atoms with van der Waals surface area (Å²) in [7, 11) is -3.48. The van der Waals surface area contributed by atoms with E-state index in [0.717, 1.165) is 35.5 Å². The summed E-state index contributed by atoms with van der Waals surface area (Å²) in [5.41, 5.74) is 4.08. The van der Waals surface area contributed by atoms with Gasteiger partial charge in [0.15, 0.2) is 5.78 Å². The number of sulfonamides is 1. The number of allylic oxidation sites excluding steroid dienone is 1. The first-order chi connectivity index (χ1) is 14.9. The molecule has 0 atom stereocenters. The molecule has 0 unspecified atom stereocenters. The van der Waals surface area contributed by atoms with Crippen molar-refractivity contribution in [2.24, 2.45) is 0 Å². The zero-order chi connectivity index (χ0) is 22.0. The first kappa shape index (κ1) is 21.2. The molecule has 31 heavy (non-hydrogen) atoms. The van der Waals surface area contributed by atoms with Gasteiger partial charge in [0.2, 0.25) is 10.0 Å². The van der Waals surface area contributed by atoms with E-state index in [0.29, 0.717) is 18.7 Å². The van der Waals surface area contributed by atoms with Crippen LogP contribution in [-0.2, 0) is 10.0 Å². The predicted molar refractivity (Wildman–Crippen MR) is 121 cm³/mol. The number of ketones is 1. The Morgan fingerprint density at radius 3 is 2.26 bits per heavy atom. The van der Waals surface area contributed by atoms with Crippen LogP contribution in [-0.4, -0.2) is 41.4 Å². The minimum absolute atomic E-state index is 0.184. The Labute approximate surface area is 182 Å². The van der Waals surface area contributed by atoms with Gasteiger partial charge in [-0.3, -0.25) is 4.79 Å². The van der Waals surface area contributed by atoms with Gasteiger partial charge in [0, 0.05) is 29.9 Å². The SMILES string of the molecule is Cc1nn(-c2ccccc2)c(C)c1/C=C/C(=O)c1ccc(S(=O)(=O)N2CCCC2)cc1. The number of carbonyl (C=O) groups excluding carboxylic acids is 1. The van der Waals surface area contributed by atoms with Gasteiger partial charge in [-0.2, -0.15) is 9.40 Å². The molecule has 2 aromatic carbocycles. The maximum absolute atomic E-state index is 12.7. The number of para-hydroxylation sites is 1. The van der Waals surface area contributed by atoms with Crippen molar-refractivity contribution in [2.75, 3.05) is 13.1 Å². The summed E-state index contributed by atoms with van der Waals surface area (Å²) in [6, 6.07) is 16.0. The van der Waals surface area contributed by atoms with Gasteiger partial charge >= 0.3 is 0 Å². The topological polar surface area (TPSA) is 72.3 Å². The molecule has 7 heteroatoms. The average Bonchev–Trinajstić information content (AvgIpc) is 3.42. The number of aryl methyl sites for hydroxylation is 1. The fourth-order valence-corrected chi connectivity index (χ4v) is 5.36. The molecule has 0 radical (unpaired) electrons. The summed E-state index contributed by atoms with van der Waals surface area (Å²) in [4.78, 5) is 12.9. The molecule has 1 aliphatic rings. The van der Waals surface area contributed by atoms with Crippen molar-refractivity contribution in [3.63, 3.8) is 0 Å².